The first-order valence-electron chi connectivity index (χ1n) is 8.48. The molecular weight excluding hydrogens is 358 g/mol. The zero-order chi connectivity index (χ0) is 19.2. The molecule has 0 aromatic heterocycles. The molecule has 1 aliphatic carbocycles. The van der Waals surface area contributed by atoms with Gasteiger partial charge in [0.25, 0.3) is 0 Å². The van der Waals surface area contributed by atoms with E-state index >= 15 is 0 Å². The summed E-state index contributed by atoms with van der Waals surface area (Å²) in [6, 6.07) is 9.07. The summed E-state index contributed by atoms with van der Waals surface area (Å²) in [6.07, 6.45) is 1.37. The van der Waals surface area contributed by atoms with Crippen LogP contribution in [-0.4, -0.2) is 50.3 Å². The second-order valence-corrected chi connectivity index (χ2v) is 8.38. The Morgan fingerprint density at radius 2 is 1.88 bits per heavy atom. The van der Waals surface area contributed by atoms with Gasteiger partial charge in [0.1, 0.15) is 0 Å². The van der Waals surface area contributed by atoms with E-state index in [-0.39, 0.29) is 24.8 Å². The summed E-state index contributed by atoms with van der Waals surface area (Å²) in [5.74, 6) is -0.932. The van der Waals surface area contributed by atoms with Crippen LogP contribution in [0.4, 0.5) is 0 Å². The molecule has 0 radical (unpaired) electrons. The Hall–Kier alpha value is -1.97. The molecular formula is C17H25N3O5S. The normalized spacial score (nSPS) is 23.2. The van der Waals surface area contributed by atoms with E-state index in [4.69, 9.17) is 0 Å². The van der Waals surface area contributed by atoms with E-state index in [1.165, 1.54) is 0 Å². The van der Waals surface area contributed by atoms with Gasteiger partial charge in [-0.15, -0.1) is 0 Å². The highest BCUT2D eigenvalue weighted by Crippen LogP contribution is 2.25. The number of sulfonamides is 1. The number of hydrogen-bond acceptors (Lipinski definition) is 5. The van der Waals surface area contributed by atoms with E-state index in [2.05, 4.69) is 15.4 Å². The van der Waals surface area contributed by atoms with Gasteiger partial charge in [0.2, 0.25) is 21.8 Å². The van der Waals surface area contributed by atoms with E-state index in [9.17, 15) is 23.1 Å². The van der Waals surface area contributed by atoms with Crippen molar-refractivity contribution in [2.24, 2.45) is 5.92 Å². The minimum atomic E-state index is -3.45. The van der Waals surface area contributed by atoms with Crippen LogP contribution in [0.3, 0.4) is 0 Å². The van der Waals surface area contributed by atoms with Crippen molar-refractivity contribution in [2.75, 3.05) is 12.8 Å². The van der Waals surface area contributed by atoms with Crippen LogP contribution in [0.2, 0.25) is 0 Å². The zero-order valence-electron chi connectivity index (χ0n) is 14.6. The topological polar surface area (TPSA) is 125 Å². The number of benzene rings is 1. The molecule has 1 aromatic rings. The highest BCUT2D eigenvalue weighted by Gasteiger charge is 2.33. The van der Waals surface area contributed by atoms with Gasteiger partial charge >= 0.3 is 0 Å². The van der Waals surface area contributed by atoms with Gasteiger partial charge < -0.3 is 15.7 Å². The molecule has 2 amide bonds. The average Bonchev–Trinajstić information content (AvgIpc) is 2.60. The van der Waals surface area contributed by atoms with Gasteiger partial charge in [0.05, 0.1) is 24.9 Å². The van der Waals surface area contributed by atoms with Crippen LogP contribution in [0.5, 0.6) is 0 Å². The molecule has 0 bridgehead atoms. The highest BCUT2D eigenvalue weighted by atomic mass is 32.2. The maximum atomic E-state index is 12.3. The second-order valence-electron chi connectivity index (χ2n) is 6.55. The summed E-state index contributed by atoms with van der Waals surface area (Å²) in [7, 11) is -3.45. The van der Waals surface area contributed by atoms with Crippen molar-refractivity contribution in [3.05, 3.63) is 35.9 Å². The first kappa shape index (κ1) is 20.3. The van der Waals surface area contributed by atoms with Crippen LogP contribution in [0, 0.1) is 5.92 Å². The predicted octanol–water partition coefficient (Wildman–Crippen LogP) is -0.502. The fourth-order valence-electron chi connectivity index (χ4n) is 2.94. The molecule has 0 spiro atoms. The molecule has 0 saturated heterocycles. The summed E-state index contributed by atoms with van der Waals surface area (Å²) < 4.78 is 24.1. The predicted molar refractivity (Wildman–Crippen MR) is 96.4 cm³/mol. The molecule has 26 heavy (non-hydrogen) atoms. The third kappa shape index (κ3) is 6.74. The molecule has 2 rings (SSSR count). The molecule has 1 fully saturated rings. The first-order valence-corrected chi connectivity index (χ1v) is 10.4. The van der Waals surface area contributed by atoms with Gasteiger partial charge in [-0.1, -0.05) is 30.3 Å². The largest absolute Gasteiger partial charge is 0.391 e. The lowest BCUT2D eigenvalue weighted by Gasteiger charge is -2.33. The Labute approximate surface area is 153 Å². The minimum absolute atomic E-state index is 0.114. The maximum Gasteiger partial charge on any atom is 0.235 e. The molecule has 3 atom stereocenters. The maximum absolute atomic E-state index is 12.3. The van der Waals surface area contributed by atoms with Crippen molar-refractivity contribution in [2.45, 2.75) is 38.0 Å². The third-order valence-corrected chi connectivity index (χ3v) is 5.01. The quantitative estimate of drug-likeness (QED) is 0.505. The van der Waals surface area contributed by atoms with Crippen LogP contribution < -0.4 is 15.4 Å². The van der Waals surface area contributed by atoms with E-state index in [1.54, 1.807) is 0 Å². The number of carbonyl (C=O) groups excluding carboxylic acids is 2. The van der Waals surface area contributed by atoms with Crippen molar-refractivity contribution in [3.8, 4) is 0 Å². The van der Waals surface area contributed by atoms with Crippen molar-refractivity contribution in [1.82, 2.24) is 15.4 Å². The van der Waals surface area contributed by atoms with Crippen molar-refractivity contribution >= 4 is 21.8 Å². The number of aliphatic hydroxyl groups excluding tert-OH is 1. The number of rotatable bonds is 7. The van der Waals surface area contributed by atoms with Gasteiger partial charge in [-0.25, -0.2) is 13.1 Å². The van der Waals surface area contributed by atoms with E-state index in [0.29, 0.717) is 19.4 Å². The van der Waals surface area contributed by atoms with Gasteiger partial charge in [-0.2, -0.15) is 0 Å². The molecule has 0 heterocycles. The molecule has 1 aromatic carbocycles. The number of nitrogens with one attached hydrogen (secondary N) is 3. The monoisotopic (exact) mass is 383 g/mol. The third-order valence-electron chi connectivity index (χ3n) is 4.34. The summed E-state index contributed by atoms with van der Waals surface area (Å²) in [5, 5.41) is 15.7. The lowest BCUT2D eigenvalue weighted by atomic mass is 9.83. The minimum Gasteiger partial charge on any atom is -0.391 e. The molecule has 1 aliphatic rings. The molecule has 0 unspecified atom stereocenters. The fraction of sp³-hybridized carbons (Fsp3) is 0.529. The van der Waals surface area contributed by atoms with Crippen LogP contribution in [0.25, 0.3) is 0 Å². The molecule has 9 heteroatoms. The summed E-state index contributed by atoms with van der Waals surface area (Å²) in [5.41, 5.74) is 1.00. The fourth-order valence-corrected chi connectivity index (χ4v) is 3.33. The van der Waals surface area contributed by atoms with Crippen LogP contribution >= 0.6 is 0 Å². The molecule has 0 aliphatic heterocycles. The first-order chi connectivity index (χ1) is 12.2. The number of amides is 2. The molecule has 8 nitrogen and oxygen atoms in total. The number of hydrogen-bond donors (Lipinski definition) is 4. The van der Waals surface area contributed by atoms with Gasteiger partial charge in [-0.05, 0) is 24.8 Å². The lowest BCUT2D eigenvalue weighted by Crippen LogP contribution is -2.51. The van der Waals surface area contributed by atoms with Crippen molar-refractivity contribution in [3.63, 3.8) is 0 Å². The highest BCUT2D eigenvalue weighted by molar-refractivity contribution is 7.88. The molecule has 4 N–H and O–H groups in total. The van der Waals surface area contributed by atoms with Crippen LogP contribution in [-0.2, 0) is 26.2 Å². The number of aliphatic hydroxyl groups is 1. The zero-order valence-corrected chi connectivity index (χ0v) is 15.5. The summed E-state index contributed by atoms with van der Waals surface area (Å²) in [6.45, 7) is 0.0621. The van der Waals surface area contributed by atoms with Crippen LogP contribution in [0.15, 0.2) is 30.3 Å². The SMILES string of the molecule is CS(=O)(=O)NCC(=O)N[C@H]1CC[C@H](C(=O)NCc2ccccc2)C[C@@H]1O. The Morgan fingerprint density at radius 1 is 1.19 bits per heavy atom. The van der Waals surface area contributed by atoms with E-state index < -0.39 is 28.1 Å². The Balaban J connectivity index is 1.76. The summed E-state index contributed by atoms with van der Waals surface area (Å²) in [4.78, 5) is 24.0. The van der Waals surface area contributed by atoms with E-state index in [0.717, 1.165) is 11.8 Å². The Kier molecular flexibility index (Phi) is 7.13. The van der Waals surface area contributed by atoms with Gasteiger partial charge in [0, 0.05) is 12.5 Å². The Morgan fingerprint density at radius 3 is 2.50 bits per heavy atom. The lowest BCUT2D eigenvalue weighted by molar-refractivity contribution is -0.128. The second kappa shape index (κ2) is 9.11. The van der Waals surface area contributed by atoms with Crippen molar-refractivity contribution < 1.29 is 23.1 Å². The van der Waals surface area contributed by atoms with Gasteiger partial charge in [-0.3, -0.25) is 9.59 Å². The standard InChI is InChI=1S/C17H25N3O5S/c1-26(24,25)19-11-16(22)20-14-8-7-13(9-15(14)21)17(23)18-10-12-5-3-2-4-6-12/h2-6,13-15,19,21H,7-11H2,1H3,(H,18,23)(H,20,22)/t13-,14-,15-/m0/s1. The average molecular weight is 383 g/mol. The van der Waals surface area contributed by atoms with Crippen LogP contribution in [0.1, 0.15) is 24.8 Å². The van der Waals surface area contributed by atoms with E-state index in [1.807, 2.05) is 30.3 Å². The molecule has 1 saturated carbocycles. The Bertz CT molecular complexity index is 723. The number of carbonyl (C=O) groups is 2. The van der Waals surface area contributed by atoms with Gasteiger partial charge in [0.15, 0.2) is 0 Å². The molecule has 144 valence electrons. The smallest absolute Gasteiger partial charge is 0.235 e. The van der Waals surface area contributed by atoms with Crippen molar-refractivity contribution in [1.29, 1.82) is 0 Å². The summed E-state index contributed by atoms with van der Waals surface area (Å²) >= 11 is 0.